The zero-order chi connectivity index (χ0) is 13.9. The summed E-state index contributed by atoms with van der Waals surface area (Å²) in [6.45, 7) is 3.63. The van der Waals surface area contributed by atoms with Crippen LogP contribution < -0.4 is 10.1 Å². The summed E-state index contributed by atoms with van der Waals surface area (Å²) in [7, 11) is 0. The number of benzene rings is 1. The molecule has 104 valence electrons. The van der Waals surface area contributed by atoms with E-state index in [9.17, 15) is 13.2 Å². The van der Waals surface area contributed by atoms with Gasteiger partial charge in [-0.3, -0.25) is 5.32 Å². The van der Waals surface area contributed by atoms with Crippen molar-refractivity contribution in [3.63, 3.8) is 0 Å². The molecule has 0 amide bonds. The van der Waals surface area contributed by atoms with E-state index >= 15 is 0 Å². The van der Waals surface area contributed by atoms with Crippen molar-refractivity contribution in [2.24, 2.45) is 0 Å². The van der Waals surface area contributed by atoms with Crippen LogP contribution in [0.3, 0.4) is 0 Å². The fraction of sp³-hybridized carbons (Fsp3) is 0.571. The van der Waals surface area contributed by atoms with Gasteiger partial charge in [0.2, 0.25) is 0 Å². The van der Waals surface area contributed by atoms with Crippen LogP contribution in [-0.4, -0.2) is 17.3 Å². The number of hydrogen-bond acceptors (Lipinski definition) is 2. The molecule has 1 aromatic rings. The maximum absolute atomic E-state index is 13.1. The van der Waals surface area contributed by atoms with Crippen LogP contribution >= 0.6 is 0 Å². The third-order valence-corrected chi connectivity index (χ3v) is 4.01. The van der Waals surface area contributed by atoms with Crippen LogP contribution in [0.15, 0.2) is 24.3 Å². The lowest BCUT2D eigenvalue weighted by atomic mass is 9.93. The zero-order valence-corrected chi connectivity index (χ0v) is 10.8. The van der Waals surface area contributed by atoms with Crippen molar-refractivity contribution < 1.29 is 17.9 Å². The van der Waals surface area contributed by atoms with Gasteiger partial charge in [-0.25, -0.2) is 0 Å². The smallest absolute Gasteiger partial charge is 0.406 e. The van der Waals surface area contributed by atoms with Crippen LogP contribution in [-0.2, 0) is 0 Å². The Hall–Kier alpha value is -1.23. The van der Waals surface area contributed by atoms with Gasteiger partial charge in [0.05, 0.1) is 6.04 Å². The molecule has 5 heteroatoms. The van der Waals surface area contributed by atoms with Crippen molar-refractivity contribution in [2.75, 3.05) is 0 Å². The van der Waals surface area contributed by atoms with E-state index in [1.54, 1.807) is 6.07 Å². The molecule has 1 atom stereocenters. The van der Waals surface area contributed by atoms with Gasteiger partial charge >= 0.3 is 6.18 Å². The number of ether oxygens (including phenoxy) is 1. The van der Waals surface area contributed by atoms with E-state index < -0.39 is 23.4 Å². The van der Waals surface area contributed by atoms with E-state index in [0.717, 1.165) is 5.56 Å². The van der Waals surface area contributed by atoms with E-state index in [2.05, 4.69) is 5.32 Å². The molecular weight excluding hydrogens is 255 g/mol. The average molecular weight is 271 g/mol. The van der Waals surface area contributed by atoms with E-state index in [0.29, 0.717) is 5.75 Å². The molecule has 0 aromatic heterocycles. The minimum atomic E-state index is -4.21. The molecule has 1 fully saturated rings. The molecule has 0 bridgehead atoms. The van der Waals surface area contributed by atoms with E-state index in [1.807, 2.05) is 32.0 Å². The van der Waals surface area contributed by atoms with Crippen LogP contribution in [0.25, 0.3) is 0 Å². The molecule has 2 aliphatic rings. The number of halogens is 3. The Bertz CT molecular complexity index is 506. The molecule has 1 unspecified atom stereocenters. The molecule has 1 aliphatic heterocycles. The third-order valence-electron chi connectivity index (χ3n) is 4.01. The lowest BCUT2D eigenvalue weighted by Gasteiger charge is -2.32. The normalized spacial score (nSPS) is 26.7. The van der Waals surface area contributed by atoms with Crippen molar-refractivity contribution >= 4 is 0 Å². The maximum atomic E-state index is 13.1. The number of alkyl halides is 3. The van der Waals surface area contributed by atoms with Crippen LogP contribution in [0.5, 0.6) is 5.75 Å². The number of hydrogen-bond donors (Lipinski definition) is 1. The van der Waals surface area contributed by atoms with Crippen LogP contribution in [0.1, 0.15) is 38.3 Å². The summed E-state index contributed by atoms with van der Waals surface area (Å²) in [6.07, 6.45) is -3.92. The van der Waals surface area contributed by atoms with E-state index in [-0.39, 0.29) is 12.8 Å². The van der Waals surface area contributed by atoms with Gasteiger partial charge in [0, 0.05) is 5.56 Å². The molecule has 1 aromatic carbocycles. The van der Waals surface area contributed by atoms with Crippen LogP contribution in [0.2, 0.25) is 0 Å². The van der Waals surface area contributed by atoms with E-state index in [4.69, 9.17) is 4.74 Å². The predicted molar refractivity (Wildman–Crippen MR) is 65.0 cm³/mol. The van der Waals surface area contributed by atoms with Crippen LogP contribution in [0.4, 0.5) is 13.2 Å². The largest absolute Gasteiger partial charge is 0.486 e. The molecule has 1 heterocycles. The predicted octanol–water partition coefficient (Wildman–Crippen LogP) is 3.58. The Balaban J connectivity index is 1.92. The third kappa shape index (κ3) is 1.91. The van der Waals surface area contributed by atoms with Gasteiger partial charge < -0.3 is 4.74 Å². The Morgan fingerprint density at radius 3 is 2.42 bits per heavy atom. The lowest BCUT2D eigenvalue weighted by Crippen LogP contribution is -2.51. The highest BCUT2D eigenvalue weighted by Gasteiger charge is 2.65. The quantitative estimate of drug-likeness (QED) is 0.887. The summed E-state index contributed by atoms with van der Waals surface area (Å²) in [5.41, 5.74) is -1.59. The molecule has 1 saturated carbocycles. The fourth-order valence-electron chi connectivity index (χ4n) is 2.69. The maximum Gasteiger partial charge on any atom is 0.406 e. The summed E-state index contributed by atoms with van der Waals surface area (Å²) >= 11 is 0. The Morgan fingerprint density at radius 2 is 1.84 bits per heavy atom. The van der Waals surface area contributed by atoms with Gasteiger partial charge in [0.25, 0.3) is 0 Å². The molecule has 1 aliphatic carbocycles. The first-order chi connectivity index (χ1) is 8.75. The van der Waals surface area contributed by atoms with Gasteiger partial charge in [-0.1, -0.05) is 18.2 Å². The summed E-state index contributed by atoms with van der Waals surface area (Å²) in [5.74, 6) is 0.669. The summed E-state index contributed by atoms with van der Waals surface area (Å²) < 4.78 is 45.0. The fourth-order valence-corrected chi connectivity index (χ4v) is 2.69. The first-order valence-corrected chi connectivity index (χ1v) is 6.38. The van der Waals surface area contributed by atoms with Gasteiger partial charge in [0.15, 0.2) is 0 Å². The molecular formula is C14H16F3NO. The molecule has 0 saturated heterocycles. The molecule has 1 N–H and O–H groups in total. The SMILES string of the molecule is CC1(C)Oc2ccccc2C1NC1(C(F)(F)F)CC1. The second-order valence-electron chi connectivity index (χ2n) is 5.90. The van der Waals surface area contributed by atoms with Crippen molar-refractivity contribution in [3.8, 4) is 5.75 Å². The molecule has 0 radical (unpaired) electrons. The van der Waals surface area contributed by atoms with Crippen LogP contribution in [0, 0.1) is 0 Å². The highest BCUT2D eigenvalue weighted by atomic mass is 19.4. The van der Waals surface area contributed by atoms with Gasteiger partial charge in [-0.05, 0) is 32.8 Å². The lowest BCUT2D eigenvalue weighted by molar-refractivity contribution is -0.170. The van der Waals surface area contributed by atoms with Crippen molar-refractivity contribution in [2.45, 2.75) is 50.0 Å². The first kappa shape index (κ1) is 12.8. The number of para-hydroxylation sites is 1. The van der Waals surface area contributed by atoms with Gasteiger partial charge in [0.1, 0.15) is 16.9 Å². The van der Waals surface area contributed by atoms with Crippen molar-refractivity contribution in [1.29, 1.82) is 0 Å². The first-order valence-electron chi connectivity index (χ1n) is 6.38. The van der Waals surface area contributed by atoms with Crippen molar-refractivity contribution in [1.82, 2.24) is 5.32 Å². The molecule has 19 heavy (non-hydrogen) atoms. The number of rotatable bonds is 2. The second kappa shape index (κ2) is 3.66. The highest BCUT2D eigenvalue weighted by Crippen LogP contribution is 2.53. The van der Waals surface area contributed by atoms with E-state index in [1.165, 1.54) is 0 Å². The average Bonchev–Trinajstić information content (AvgIpc) is 3.02. The Kier molecular flexibility index (Phi) is 2.46. The number of nitrogens with one attached hydrogen (secondary N) is 1. The van der Waals surface area contributed by atoms with Crippen molar-refractivity contribution in [3.05, 3.63) is 29.8 Å². The summed E-state index contributed by atoms with van der Waals surface area (Å²) in [5, 5.41) is 2.80. The van der Waals surface area contributed by atoms with Gasteiger partial charge in [-0.2, -0.15) is 13.2 Å². The highest BCUT2D eigenvalue weighted by molar-refractivity contribution is 5.42. The summed E-state index contributed by atoms with van der Waals surface area (Å²) in [6, 6.07) is 6.84. The standard InChI is InChI=1S/C14H16F3NO/c1-12(2)11(9-5-3-4-6-10(9)19-12)18-13(7-8-13)14(15,16)17/h3-6,11,18H,7-8H2,1-2H3. The molecule has 3 rings (SSSR count). The summed E-state index contributed by atoms with van der Waals surface area (Å²) in [4.78, 5) is 0. The topological polar surface area (TPSA) is 21.3 Å². The monoisotopic (exact) mass is 271 g/mol. The minimum Gasteiger partial charge on any atom is -0.486 e. The molecule has 2 nitrogen and oxygen atoms in total. The van der Waals surface area contributed by atoms with Gasteiger partial charge in [-0.15, -0.1) is 0 Å². The second-order valence-corrected chi connectivity index (χ2v) is 5.90. The Morgan fingerprint density at radius 1 is 1.21 bits per heavy atom. The Labute approximate surface area is 109 Å². The zero-order valence-electron chi connectivity index (χ0n) is 10.8. The number of fused-ring (bicyclic) bond motifs is 1. The molecule has 0 spiro atoms. The minimum absolute atomic E-state index is 0.144.